The Morgan fingerprint density at radius 2 is 1.33 bits per heavy atom. The fourth-order valence-electron chi connectivity index (χ4n) is 4.70. The summed E-state index contributed by atoms with van der Waals surface area (Å²) < 4.78 is 4.94. The number of carbonyl (C=O) groups excluding carboxylic acids is 4. The molecule has 244 valence electrons. The second kappa shape index (κ2) is 16.5. The molecule has 3 aromatic carbocycles. The van der Waals surface area contributed by atoms with Gasteiger partial charge in [-0.15, -0.1) is 0 Å². The van der Waals surface area contributed by atoms with Crippen LogP contribution in [0.2, 0.25) is 0 Å². The van der Waals surface area contributed by atoms with Gasteiger partial charge in [0.2, 0.25) is 5.91 Å². The Morgan fingerprint density at radius 1 is 0.783 bits per heavy atom. The van der Waals surface area contributed by atoms with Crippen molar-refractivity contribution >= 4 is 23.9 Å². The van der Waals surface area contributed by atoms with Crippen LogP contribution in [-0.4, -0.2) is 84.6 Å². The first kappa shape index (κ1) is 35.7. The molecule has 0 aromatic heterocycles. The van der Waals surface area contributed by atoms with Gasteiger partial charge in [-0.1, -0.05) is 91.0 Å². The van der Waals surface area contributed by atoms with Crippen molar-refractivity contribution in [2.45, 2.75) is 50.7 Å². The number of rotatable bonds is 13. The zero-order chi connectivity index (χ0) is 33.9. The standard InChI is InChI=1S/C36H45N5O5/c1-36(2,37)23-13-18-32(42)46-35(45)38-30(24-27-19-21-29(22-20-27)28-16-11-8-12-17-28)33(43)40(5)31(34(44)41(6)39(3)4)25-26-14-9-7-10-15-26/h7-22,30-31H,23-25,37H2,1-6H3,(H,38,45). The van der Waals surface area contributed by atoms with Crippen LogP contribution in [0, 0.1) is 0 Å². The predicted molar refractivity (Wildman–Crippen MR) is 179 cm³/mol. The van der Waals surface area contributed by atoms with Gasteiger partial charge in [0.05, 0.1) is 0 Å². The van der Waals surface area contributed by atoms with Gasteiger partial charge < -0.3 is 20.7 Å². The Bertz CT molecular complexity index is 1480. The number of likely N-dealkylation sites (N-methyl/N-ethyl adjacent to an activating group) is 2. The minimum absolute atomic E-state index is 0.0918. The topological polar surface area (TPSA) is 125 Å². The third-order valence-electron chi connectivity index (χ3n) is 7.47. The minimum atomic E-state index is -1.14. The SMILES string of the molecule is CN(C(=O)C(Cc1ccc(-c2ccccc2)cc1)NC(=O)OC(=O)C=CCC(C)(C)N)C(Cc1ccccc1)C(=O)N(C)N(C)C. The number of nitrogens with zero attached hydrogens (tertiary/aromatic N) is 3. The van der Waals surface area contributed by atoms with E-state index in [1.54, 1.807) is 40.0 Å². The number of hydrogen-bond acceptors (Lipinski definition) is 7. The third kappa shape index (κ3) is 11.0. The summed E-state index contributed by atoms with van der Waals surface area (Å²) in [5, 5.41) is 5.64. The van der Waals surface area contributed by atoms with Gasteiger partial charge in [-0.05, 0) is 42.5 Å². The highest BCUT2D eigenvalue weighted by molar-refractivity contribution is 5.95. The Kier molecular flexibility index (Phi) is 12.8. The number of esters is 1. The van der Waals surface area contributed by atoms with Crippen LogP contribution in [0.4, 0.5) is 4.79 Å². The van der Waals surface area contributed by atoms with Crippen LogP contribution in [0.1, 0.15) is 31.4 Å². The molecule has 0 aliphatic rings. The van der Waals surface area contributed by atoms with E-state index in [0.29, 0.717) is 6.42 Å². The highest BCUT2D eigenvalue weighted by Crippen LogP contribution is 2.21. The molecule has 0 saturated carbocycles. The molecular weight excluding hydrogens is 582 g/mol. The molecule has 0 fully saturated rings. The van der Waals surface area contributed by atoms with Crippen LogP contribution >= 0.6 is 0 Å². The average molecular weight is 628 g/mol. The summed E-state index contributed by atoms with van der Waals surface area (Å²) in [6.07, 6.45) is 2.32. The van der Waals surface area contributed by atoms with Gasteiger partial charge in [-0.3, -0.25) is 14.6 Å². The highest BCUT2D eigenvalue weighted by Gasteiger charge is 2.35. The summed E-state index contributed by atoms with van der Waals surface area (Å²) in [6.45, 7) is 3.61. The molecule has 3 aromatic rings. The predicted octanol–water partition coefficient (Wildman–Crippen LogP) is 4.21. The van der Waals surface area contributed by atoms with E-state index in [4.69, 9.17) is 10.5 Å². The van der Waals surface area contributed by atoms with Crippen molar-refractivity contribution in [1.82, 2.24) is 20.2 Å². The van der Waals surface area contributed by atoms with Crippen LogP contribution in [-0.2, 0) is 32.0 Å². The van der Waals surface area contributed by atoms with Crippen LogP contribution < -0.4 is 11.1 Å². The number of amides is 3. The lowest BCUT2D eigenvalue weighted by molar-refractivity contribution is -0.152. The second-order valence-electron chi connectivity index (χ2n) is 12.1. The van der Waals surface area contributed by atoms with Crippen LogP contribution in [0.25, 0.3) is 11.1 Å². The van der Waals surface area contributed by atoms with Crippen LogP contribution in [0.5, 0.6) is 0 Å². The number of nitrogens with one attached hydrogen (secondary N) is 1. The van der Waals surface area contributed by atoms with E-state index in [2.05, 4.69) is 5.32 Å². The molecule has 0 bridgehead atoms. The van der Waals surface area contributed by atoms with Crippen molar-refractivity contribution < 1.29 is 23.9 Å². The number of hydrazine groups is 1. The molecule has 3 N–H and O–H groups in total. The zero-order valence-corrected chi connectivity index (χ0v) is 27.5. The number of ether oxygens (including phenoxy) is 1. The van der Waals surface area contributed by atoms with E-state index in [-0.39, 0.29) is 18.7 Å². The fourth-order valence-corrected chi connectivity index (χ4v) is 4.70. The smallest absolute Gasteiger partial charge is 0.373 e. The monoisotopic (exact) mass is 627 g/mol. The molecule has 0 saturated heterocycles. The third-order valence-corrected chi connectivity index (χ3v) is 7.47. The van der Waals surface area contributed by atoms with Crippen molar-refractivity contribution in [3.05, 3.63) is 108 Å². The zero-order valence-electron chi connectivity index (χ0n) is 27.5. The van der Waals surface area contributed by atoms with E-state index in [1.165, 1.54) is 23.0 Å². The molecule has 46 heavy (non-hydrogen) atoms. The second-order valence-corrected chi connectivity index (χ2v) is 12.1. The summed E-state index contributed by atoms with van der Waals surface area (Å²) in [4.78, 5) is 54.4. The lowest BCUT2D eigenvalue weighted by Gasteiger charge is -2.35. The summed E-state index contributed by atoms with van der Waals surface area (Å²) >= 11 is 0. The summed E-state index contributed by atoms with van der Waals surface area (Å²) in [6, 6.07) is 24.9. The molecule has 0 radical (unpaired) electrons. The number of alkyl carbamates (subject to hydrolysis) is 1. The summed E-state index contributed by atoms with van der Waals surface area (Å²) in [5.74, 6) is -1.71. The molecule has 3 rings (SSSR count). The number of nitrogens with two attached hydrogens (primary N) is 1. The molecule has 2 unspecified atom stereocenters. The molecule has 10 nitrogen and oxygen atoms in total. The Labute approximate surface area is 271 Å². The highest BCUT2D eigenvalue weighted by atomic mass is 16.6. The number of hydrogen-bond donors (Lipinski definition) is 2. The van der Waals surface area contributed by atoms with Gasteiger partial charge in [0.25, 0.3) is 5.91 Å². The van der Waals surface area contributed by atoms with Crippen molar-refractivity contribution in [2.75, 3.05) is 28.2 Å². The van der Waals surface area contributed by atoms with Crippen molar-refractivity contribution in [3.8, 4) is 11.1 Å². The van der Waals surface area contributed by atoms with Crippen LogP contribution in [0.15, 0.2) is 97.1 Å². The summed E-state index contributed by atoms with van der Waals surface area (Å²) in [7, 11) is 6.64. The van der Waals surface area contributed by atoms with Crippen molar-refractivity contribution in [2.24, 2.45) is 5.73 Å². The maximum Gasteiger partial charge on any atom is 0.415 e. The van der Waals surface area contributed by atoms with Gasteiger partial charge in [0.15, 0.2) is 0 Å². The van der Waals surface area contributed by atoms with Gasteiger partial charge in [-0.25, -0.2) is 14.6 Å². The van der Waals surface area contributed by atoms with Crippen LogP contribution in [0.3, 0.4) is 0 Å². The Morgan fingerprint density at radius 3 is 1.89 bits per heavy atom. The van der Waals surface area contributed by atoms with Gasteiger partial charge in [0.1, 0.15) is 12.1 Å². The van der Waals surface area contributed by atoms with Gasteiger partial charge in [-0.2, -0.15) is 0 Å². The molecule has 0 aliphatic heterocycles. The van der Waals surface area contributed by atoms with E-state index in [9.17, 15) is 19.2 Å². The minimum Gasteiger partial charge on any atom is -0.373 e. The largest absolute Gasteiger partial charge is 0.415 e. The van der Waals surface area contributed by atoms with Crippen molar-refractivity contribution in [3.63, 3.8) is 0 Å². The maximum atomic E-state index is 14.1. The molecule has 0 aliphatic carbocycles. The van der Waals surface area contributed by atoms with E-state index >= 15 is 0 Å². The molecule has 2 atom stereocenters. The van der Waals surface area contributed by atoms with E-state index in [0.717, 1.165) is 28.3 Å². The lowest BCUT2D eigenvalue weighted by atomic mass is 9.99. The Hall–Kier alpha value is -4.80. The van der Waals surface area contributed by atoms with Gasteiger partial charge in [0, 0.05) is 52.6 Å². The summed E-state index contributed by atoms with van der Waals surface area (Å²) in [5.41, 5.74) is 9.07. The fraction of sp³-hybridized carbons (Fsp3) is 0.333. The first-order chi connectivity index (χ1) is 21.7. The normalized spacial score (nSPS) is 12.8. The Balaban J connectivity index is 1.88. The molecule has 0 spiro atoms. The molecule has 3 amide bonds. The van der Waals surface area contributed by atoms with E-state index in [1.807, 2.05) is 84.9 Å². The number of carbonyl (C=O) groups is 4. The first-order valence-corrected chi connectivity index (χ1v) is 15.1. The quantitative estimate of drug-likeness (QED) is 0.126. The van der Waals surface area contributed by atoms with E-state index < -0.39 is 35.6 Å². The average Bonchev–Trinajstić information content (AvgIpc) is 3.02. The molecule has 10 heteroatoms. The van der Waals surface area contributed by atoms with Crippen molar-refractivity contribution in [1.29, 1.82) is 0 Å². The lowest BCUT2D eigenvalue weighted by Crippen LogP contribution is -2.57. The molecule has 0 heterocycles. The molecular formula is C36H45N5O5. The number of benzene rings is 3. The maximum absolute atomic E-state index is 14.1. The first-order valence-electron chi connectivity index (χ1n) is 15.1. The van der Waals surface area contributed by atoms with Gasteiger partial charge >= 0.3 is 12.1 Å².